The van der Waals surface area contributed by atoms with Crippen LogP contribution in [0, 0.1) is 0 Å². The maximum absolute atomic E-state index is 11.0. The second-order valence-corrected chi connectivity index (χ2v) is 4.57. The van der Waals surface area contributed by atoms with Crippen molar-refractivity contribution in [1.82, 2.24) is 5.32 Å². The molecule has 1 heterocycles. The largest absolute Gasteiger partial charge is 0.491 e. The number of nitrogens with one attached hydrogen (secondary N) is 1. The molecule has 5 nitrogen and oxygen atoms in total. The number of Topliss-reactive ketones (excluding diaryl/α,β-unsaturated/α-hetero) is 1. The Labute approximate surface area is 111 Å². The van der Waals surface area contributed by atoms with Gasteiger partial charge < -0.3 is 14.8 Å². The molecule has 2 rings (SSSR count). The first-order valence-electron chi connectivity index (χ1n) is 6.23. The van der Waals surface area contributed by atoms with E-state index in [0.29, 0.717) is 19.6 Å². The molecule has 1 aliphatic heterocycles. The minimum absolute atomic E-state index is 0.0889. The van der Waals surface area contributed by atoms with Crippen molar-refractivity contribution in [2.45, 2.75) is 19.4 Å². The zero-order valence-electron chi connectivity index (χ0n) is 10.8. The van der Waals surface area contributed by atoms with Crippen molar-refractivity contribution >= 4 is 11.7 Å². The van der Waals surface area contributed by atoms with Crippen molar-refractivity contribution in [2.24, 2.45) is 0 Å². The lowest BCUT2D eigenvalue weighted by atomic mass is 10.1. The molecule has 19 heavy (non-hydrogen) atoms. The number of benzene rings is 1. The summed E-state index contributed by atoms with van der Waals surface area (Å²) in [5.41, 5.74) is 0.973. The van der Waals surface area contributed by atoms with Crippen molar-refractivity contribution in [2.75, 3.05) is 19.8 Å². The highest BCUT2D eigenvalue weighted by atomic mass is 16.5. The summed E-state index contributed by atoms with van der Waals surface area (Å²) >= 11 is 0. The third kappa shape index (κ3) is 4.37. The van der Waals surface area contributed by atoms with Crippen LogP contribution in [0.4, 0.5) is 0 Å². The van der Waals surface area contributed by atoms with Gasteiger partial charge in [-0.3, -0.25) is 9.59 Å². The van der Waals surface area contributed by atoms with Gasteiger partial charge in [-0.15, -0.1) is 0 Å². The summed E-state index contributed by atoms with van der Waals surface area (Å²) in [6.45, 7) is 2.53. The standard InChI is InChI=1S/C14H17NO4/c1-10(16)6-11-2-4-12(5-3-11)18-8-13-7-15-14(17)9-19-13/h2-5,13H,6-9H2,1H3,(H,15,17). The molecule has 1 saturated heterocycles. The fourth-order valence-electron chi connectivity index (χ4n) is 1.82. The monoisotopic (exact) mass is 263 g/mol. The van der Waals surface area contributed by atoms with Crippen LogP contribution in [0.3, 0.4) is 0 Å². The average Bonchev–Trinajstić information content (AvgIpc) is 2.39. The summed E-state index contributed by atoms with van der Waals surface area (Å²) in [5, 5.41) is 2.72. The molecule has 0 bridgehead atoms. The number of hydrogen-bond donors (Lipinski definition) is 1. The molecule has 0 spiro atoms. The Balaban J connectivity index is 1.79. The van der Waals surface area contributed by atoms with Gasteiger partial charge in [-0.1, -0.05) is 12.1 Å². The second kappa shape index (κ2) is 6.33. The molecule has 0 aliphatic carbocycles. The van der Waals surface area contributed by atoms with Gasteiger partial charge in [-0.25, -0.2) is 0 Å². The number of rotatable bonds is 5. The smallest absolute Gasteiger partial charge is 0.246 e. The average molecular weight is 263 g/mol. The molecular formula is C14H17NO4. The zero-order valence-corrected chi connectivity index (χ0v) is 10.8. The molecule has 102 valence electrons. The van der Waals surface area contributed by atoms with E-state index in [1.807, 2.05) is 24.3 Å². The van der Waals surface area contributed by atoms with Gasteiger partial charge in [0.15, 0.2) is 0 Å². The van der Waals surface area contributed by atoms with Crippen LogP contribution in [0.25, 0.3) is 0 Å². The SMILES string of the molecule is CC(=O)Cc1ccc(OCC2CNC(=O)CO2)cc1. The summed E-state index contributed by atoms with van der Waals surface area (Å²) in [6, 6.07) is 7.42. The van der Waals surface area contributed by atoms with Crippen LogP contribution in [0.2, 0.25) is 0 Å². The zero-order chi connectivity index (χ0) is 13.7. The summed E-state index contributed by atoms with van der Waals surface area (Å²) in [7, 11) is 0. The Hall–Kier alpha value is -1.88. The molecule has 1 fully saturated rings. The summed E-state index contributed by atoms with van der Waals surface area (Å²) < 4.78 is 10.9. The molecule has 0 saturated carbocycles. The quantitative estimate of drug-likeness (QED) is 0.850. The van der Waals surface area contributed by atoms with Crippen LogP contribution in [-0.4, -0.2) is 37.6 Å². The minimum atomic E-state index is -0.116. The highest BCUT2D eigenvalue weighted by Gasteiger charge is 2.18. The van der Waals surface area contributed by atoms with E-state index in [-0.39, 0.29) is 24.4 Å². The van der Waals surface area contributed by atoms with Gasteiger partial charge >= 0.3 is 0 Å². The highest BCUT2D eigenvalue weighted by molar-refractivity contribution is 5.78. The first kappa shape index (κ1) is 13.5. The first-order chi connectivity index (χ1) is 9.13. The Morgan fingerprint density at radius 3 is 2.74 bits per heavy atom. The summed E-state index contributed by atoms with van der Waals surface area (Å²) in [4.78, 5) is 21.9. The van der Waals surface area contributed by atoms with Gasteiger partial charge in [0.05, 0.1) is 0 Å². The van der Waals surface area contributed by atoms with E-state index in [1.165, 1.54) is 0 Å². The molecule has 0 radical (unpaired) electrons. The molecule has 1 atom stereocenters. The van der Waals surface area contributed by atoms with Gasteiger partial charge in [0, 0.05) is 13.0 Å². The van der Waals surface area contributed by atoms with Crippen molar-refractivity contribution in [3.05, 3.63) is 29.8 Å². The Morgan fingerprint density at radius 1 is 1.42 bits per heavy atom. The van der Waals surface area contributed by atoms with E-state index < -0.39 is 0 Å². The van der Waals surface area contributed by atoms with Gasteiger partial charge in [0.25, 0.3) is 0 Å². The van der Waals surface area contributed by atoms with Crippen LogP contribution >= 0.6 is 0 Å². The number of carbonyl (C=O) groups excluding carboxylic acids is 2. The second-order valence-electron chi connectivity index (χ2n) is 4.57. The predicted octanol–water partition coefficient (Wildman–Crippen LogP) is 0.712. The molecule has 1 N–H and O–H groups in total. The molecular weight excluding hydrogens is 246 g/mol. The van der Waals surface area contributed by atoms with E-state index in [2.05, 4.69) is 5.32 Å². The summed E-state index contributed by atoms with van der Waals surface area (Å²) in [5.74, 6) is 0.776. The number of hydrogen-bond acceptors (Lipinski definition) is 4. The van der Waals surface area contributed by atoms with Crippen LogP contribution in [-0.2, 0) is 20.7 Å². The number of ketones is 1. The van der Waals surface area contributed by atoms with Gasteiger partial charge in [0.2, 0.25) is 5.91 Å². The lowest BCUT2D eigenvalue weighted by Crippen LogP contribution is -2.45. The van der Waals surface area contributed by atoms with Gasteiger partial charge in [-0.05, 0) is 24.6 Å². The van der Waals surface area contributed by atoms with Crippen LogP contribution in [0.1, 0.15) is 12.5 Å². The fraction of sp³-hybridized carbons (Fsp3) is 0.429. The van der Waals surface area contributed by atoms with E-state index in [4.69, 9.17) is 9.47 Å². The van der Waals surface area contributed by atoms with Crippen molar-refractivity contribution in [3.8, 4) is 5.75 Å². The van der Waals surface area contributed by atoms with Crippen molar-refractivity contribution in [3.63, 3.8) is 0 Å². The lowest BCUT2D eigenvalue weighted by molar-refractivity contribution is -0.134. The molecule has 1 aliphatic rings. The maximum atomic E-state index is 11.0. The van der Waals surface area contributed by atoms with Gasteiger partial charge in [-0.2, -0.15) is 0 Å². The van der Waals surface area contributed by atoms with Gasteiger partial charge in [0.1, 0.15) is 30.9 Å². The fourth-order valence-corrected chi connectivity index (χ4v) is 1.82. The normalized spacial score (nSPS) is 18.8. The molecule has 1 aromatic rings. The lowest BCUT2D eigenvalue weighted by Gasteiger charge is -2.23. The predicted molar refractivity (Wildman–Crippen MR) is 69.1 cm³/mol. The summed E-state index contributed by atoms with van der Waals surface area (Å²) in [6.07, 6.45) is 0.326. The Kier molecular flexibility index (Phi) is 4.52. The highest BCUT2D eigenvalue weighted by Crippen LogP contribution is 2.13. The Bertz CT molecular complexity index is 445. The third-order valence-corrected chi connectivity index (χ3v) is 2.79. The minimum Gasteiger partial charge on any atom is -0.491 e. The third-order valence-electron chi connectivity index (χ3n) is 2.79. The molecule has 0 aromatic heterocycles. The topological polar surface area (TPSA) is 64.6 Å². The molecule has 1 unspecified atom stereocenters. The van der Waals surface area contributed by atoms with E-state index in [1.54, 1.807) is 6.92 Å². The maximum Gasteiger partial charge on any atom is 0.246 e. The Morgan fingerprint density at radius 2 is 2.16 bits per heavy atom. The van der Waals surface area contributed by atoms with E-state index >= 15 is 0 Å². The van der Waals surface area contributed by atoms with Crippen molar-refractivity contribution < 1.29 is 19.1 Å². The van der Waals surface area contributed by atoms with Crippen LogP contribution in [0.5, 0.6) is 5.75 Å². The number of morpholine rings is 1. The first-order valence-corrected chi connectivity index (χ1v) is 6.23. The molecule has 5 heteroatoms. The number of amides is 1. The van der Waals surface area contributed by atoms with Crippen molar-refractivity contribution in [1.29, 1.82) is 0 Å². The van der Waals surface area contributed by atoms with Crippen LogP contribution in [0.15, 0.2) is 24.3 Å². The molecule has 1 aromatic carbocycles. The van der Waals surface area contributed by atoms with E-state index in [9.17, 15) is 9.59 Å². The van der Waals surface area contributed by atoms with Crippen LogP contribution < -0.4 is 10.1 Å². The van der Waals surface area contributed by atoms with E-state index in [0.717, 1.165) is 11.3 Å². The molecule has 1 amide bonds. The number of ether oxygens (including phenoxy) is 2. The number of carbonyl (C=O) groups is 2.